The Labute approximate surface area is 133 Å². The molecular weight excluding hydrogens is 291 g/mol. The van der Waals surface area contributed by atoms with Gasteiger partial charge in [0.05, 0.1) is 5.69 Å². The summed E-state index contributed by atoms with van der Waals surface area (Å²) in [5.41, 5.74) is 2.98. The van der Waals surface area contributed by atoms with Gasteiger partial charge in [-0.1, -0.05) is 6.07 Å². The van der Waals surface area contributed by atoms with Crippen molar-refractivity contribution in [3.63, 3.8) is 0 Å². The third kappa shape index (κ3) is 3.16. The number of hydrogen-bond donors (Lipinski definition) is 1. The highest BCUT2D eigenvalue weighted by Gasteiger charge is 2.08. The van der Waals surface area contributed by atoms with Crippen LogP contribution in [-0.2, 0) is 0 Å². The first kappa shape index (κ1) is 14.7. The number of anilines is 2. The molecule has 0 aliphatic heterocycles. The van der Waals surface area contributed by atoms with Gasteiger partial charge in [0.1, 0.15) is 17.4 Å². The van der Waals surface area contributed by atoms with E-state index in [1.54, 1.807) is 18.3 Å². The Kier molecular flexibility index (Phi) is 3.98. The lowest BCUT2D eigenvalue weighted by Crippen LogP contribution is -1.96. The zero-order valence-corrected chi connectivity index (χ0v) is 12.4. The summed E-state index contributed by atoms with van der Waals surface area (Å²) in [7, 11) is 0. The van der Waals surface area contributed by atoms with Gasteiger partial charge in [-0.25, -0.2) is 14.4 Å². The molecule has 112 valence electrons. The van der Waals surface area contributed by atoms with Crippen LogP contribution < -0.4 is 5.32 Å². The number of halogens is 1. The van der Waals surface area contributed by atoms with Crippen LogP contribution in [0, 0.1) is 24.1 Å². The van der Waals surface area contributed by atoms with Gasteiger partial charge in [0.25, 0.3) is 0 Å². The van der Waals surface area contributed by atoms with Crippen LogP contribution in [0.25, 0.3) is 11.4 Å². The van der Waals surface area contributed by atoms with E-state index in [-0.39, 0.29) is 5.56 Å². The van der Waals surface area contributed by atoms with Crippen LogP contribution >= 0.6 is 0 Å². The summed E-state index contributed by atoms with van der Waals surface area (Å²) in [5, 5.41) is 12.1. The Morgan fingerprint density at radius 1 is 1.09 bits per heavy atom. The molecule has 3 rings (SSSR count). The average molecular weight is 304 g/mol. The molecule has 0 fully saturated rings. The summed E-state index contributed by atoms with van der Waals surface area (Å²) in [6, 6.07) is 15.6. The topological polar surface area (TPSA) is 61.6 Å². The maximum absolute atomic E-state index is 13.6. The van der Waals surface area contributed by atoms with E-state index in [0.717, 1.165) is 16.9 Å². The molecule has 0 radical (unpaired) electrons. The molecule has 1 aromatic heterocycles. The van der Waals surface area contributed by atoms with Crippen LogP contribution in [0.5, 0.6) is 0 Å². The molecule has 0 atom stereocenters. The van der Waals surface area contributed by atoms with Crippen LogP contribution in [0.4, 0.5) is 15.8 Å². The van der Waals surface area contributed by atoms with Crippen LogP contribution in [0.3, 0.4) is 0 Å². The lowest BCUT2D eigenvalue weighted by molar-refractivity contribution is 0.624. The summed E-state index contributed by atoms with van der Waals surface area (Å²) in [4.78, 5) is 8.61. The lowest BCUT2D eigenvalue weighted by Gasteiger charge is -2.09. The molecule has 1 heterocycles. The maximum atomic E-state index is 13.6. The molecule has 0 saturated heterocycles. The Hall–Kier alpha value is -3.26. The molecule has 0 aliphatic rings. The Morgan fingerprint density at radius 3 is 2.57 bits per heavy atom. The van der Waals surface area contributed by atoms with Crippen LogP contribution in [0.1, 0.15) is 11.3 Å². The fourth-order valence-corrected chi connectivity index (χ4v) is 2.19. The molecule has 5 heteroatoms. The third-order valence-electron chi connectivity index (χ3n) is 3.34. The molecule has 0 spiro atoms. The summed E-state index contributed by atoms with van der Waals surface area (Å²) in [5.74, 6) is 0.113. The average Bonchev–Trinajstić information content (AvgIpc) is 2.56. The van der Waals surface area contributed by atoms with Gasteiger partial charge >= 0.3 is 0 Å². The number of hydrogen-bond acceptors (Lipinski definition) is 4. The minimum Gasteiger partial charge on any atom is -0.354 e. The second kappa shape index (κ2) is 6.24. The van der Waals surface area contributed by atoms with Crippen LogP contribution in [0.15, 0.2) is 54.7 Å². The van der Waals surface area contributed by atoms with Crippen LogP contribution in [-0.4, -0.2) is 9.97 Å². The van der Waals surface area contributed by atoms with E-state index in [1.165, 1.54) is 6.07 Å². The molecule has 0 unspecified atom stereocenters. The normalized spacial score (nSPS) is 10.1. The van der Waals surface area contributed by atoms with Crippen molar-refractivity contribution in [2.45, 2.75) is 6.92 Å². The molecule has 23 heavy (non-hydrogen) atoms. The van der Waals surface area contributed by atoms with Crippen molar-refractivity contribution in [3.05, 3.63) is 71.8 Å². The van der Waals surface area contributed by atoms with E-state index in [1.807, 2.05) is 43.3 Å². The minimum absolute atomic E-state index is 0.00130. The van der Waals surface area contributed by atoms with Crippen molar-refractivity contribution in [3.8, 4) is 17.5 Å². The van der Waals surface area contributed by atoms with Crippen molar-refractivity contribution in [2.75, 3.05) is 5.32 Å². The Morgan fingerprint density at radius 2 is 1.87 bits per heavy atom. The molecule has 0 bridgehead atoms. The zero-order valence-electron chi connectivity index (χ0n) is 12.4. The SMILES string of the molecule is Cc1ccnc(-c2ccc(Nc3cccc(F)c3C#N)cc2)n1. The van der Waals surface area contributed by atoms with Gasteiger partial charge in [-0.3, -0.25) is 0 Å². The van der Waals surface area contributed by atoms with E-state index >= 15 is 0 Å². The van der Waals surface area contributed by atoms with Gasteiger partial charge in [-0.05, 0) is 49.4 Å². The largest absolute Gasteiger partial charge is 0.354 e. The first-order valence-corrected chi connectivity index (χ1v) is 7.03. The lowest BCUT2D eigenvalue weighted by atomic mass is 10.1. The predicted molar refractivity (Wildman–Crippen MR) is 86.6 cm³/mol. The smallest absolute Gasteiger partial charge is 0.159 e. The van der Waals surface area contributed by atoms with E-state index in [2.05, 4.69) is 15.3 Å². The Bertz CT molecular complexity index is 882. The van der Waals surface area contributed by atoms with Crippen molar-refractivity contribution < 1.29 is 4.39 Å². The number of rotatable bonds is 3. The Balaban J connectivity index is 1.87. The van der Waals surface area contributed by atoms with Gasteiger partial charge in [0, 0.05) is 23.1 Å². The molecule has 3 aromatic rings. The fourth-order valence-electron chi connectivity index (χ4n) is 2.19. The standard InChI is InChI=1S/C18H13FN4/c1-12-9-10-21-18(22-12)13-5-7-14(8-6-13)23-17-4-2-3-16(19)15(17)11-20/h2-10,23H,1H3. The zero-order chi connectivity index (χ0) is 16.2. The summed E-state index contributed by atoms with van der Waals surface area (Å²) in [6.07, 6.45) is 1.72. The molecule has 2 aromatic carbocycles. The van der Waals surface area contributed by atoms with E-state index in [0.29, 0.717) is 11.5 Å². The monoisotopic (exact) mass is 304 g/mol. The van der Waals surface area contributed by atoms with E-state index in [9.17, 15) is 4.39 Å². The molecule has 0 amide bonds. The highest BCUT2D eigenvalue weighted by molar-refractivity contribution is 5.68. The highest BCUT2D eigenvalue weighted by Crippen LogP contribution is 2.24. The van der Waals surface area contributed by atoms with Crippen LogP contribution in [0.2, 0.25) is 0 Å². The summed E-state index contributed by atoms with van der Waals surface area (Å²) < 4.78 is 13.6. The number of benzene rings is 2. The minimum atomic E-state index is -0.540. The molecule has 0 saturated carbocycles. The molecular formula is C18H13FN4. The van der Waals surface area contributed by atoms with E-state index in [4.69, 9.17) is 5.26 Å². The number of aromatic nitrogens is 2. The quantitative estimate of drug-likeness (QED) is 0.787. The number of nitriles is 1. The number of aryl methyl sites for hydroxylation is 1. The van der Waals surface area contributed by atoms with Crippen molar-refractivity contribution >= 4 is 11.4 Å². The van der Waals surface area contributed by atoms with Gasteiger partial charge < -0.3 is 5.32 Å². The van der Waals surface area contributed by atoms with Crippen molar-refractivity contribution in [1.82, 2.24) is 9.97 Å². The summed E-state index contributed by atoms with van der Waals surface area (Å²) in [6.45, 7) is 1.91. The maximum Gasteiger partial charge on any atom is 0.159 e. The van der Waals surface area contributed by atoms with Crippen molar-refractivity contribution in [1.29, 1.82) is 5.26 Å². The van der Waals surface area contributed by atoms with Gasteiger partial charge in [-0.15, -0.1) is 0 Å². The molecule has 4 nitrogen and oxygen atoms in total. The first-order valence-electron chi connectivity index (χ1n) is 7.03. The molecule has 0 aliphatic carbocycles. The predicted octanol–water partition coefficient (Wildman–Crippen LogP) is 4.21. The fraction of sp³-hybridized carbons (Fsp3) is 0.0556. The van der Waals surface area contributed by atoms with Crippen molar-refractivity contribution in [2.24, 2.45) is 0 Å². The van der Waals surface area contributed by atoms with Gasteiger partial charge in [-0.2, -0.15) is 5.26 Å². The summed E-state index contributed by atoms with van der Waals surface area (Å²) >= 11 is 0. The van der Waals surface area contributed by atoms with Gasteiger partial charge in [0.15, 0.2) is 5.82 Å². The number of nitrogens with one attached hydrogen (secondary N) is 1. The highest BCUT2D eigenvalue weighted by atomic mass is 19.1. The molecule has 1 N–H and O–H groups in total. The van der Waals surface area contributed by atoms with E-state index < -0.39 is 5.82 Å². The first-order chi connectivity index (χ1) is 11.2. The third-order valence-corrected chi connectivity index (χ3v) is 3.34. The second-order valence-corrected chi connectivity index (χ2v) is 5.00. The second-order valence-electron chi connectivity index (χ2n) is 5.00. The van der Waals surface area contributed by atoms with Gasteiger partial charge in [0.2, 0.25) is 0 Å². The number of nitrogens with zero attached hydrogens (tertiary/aromatic N) is 3.